The van der Waals surface area contributed by atoms with E-state index in [9.17, 15) is 8.42 Å². The Kier molecular flexibility index (Phi) is 5.95. The van der Waals surface area contributed by atoms with Crippen molar-refractivity contribution < 1.29 is 13.2 Å². The number of fused-ring (bicyclic) bond motifs is 1. The molecule has 2 aromatic rings. The van der Waals surface area contributed by atoms with Crippen LogP contribution in [0.15, 0.2) is 47.4 Å². The lowest BCUT2D eigenvalue weighted by Gasteiger charge is -2.17. The third kappa shape index (κ3) is 3.91. The van der Waals surface area contributed by atoms with Crippen molar-refractivity contribution in [1.82, 2.24) is 9.62 Å². The Morgan fingerprint density at radius 3 is 2.74 bits per heavy atom. The normalized spacial score (nSPS) is 19.4. The average molecular weight is 410 g/mol. The fraction of sp³-hybridized carbons (Fsp3) is 0.368. The Hall–Kier alpha value is -1.80. The van der Waals surface area contributed by atoms with Gasteiger partial charge < -0.3 is 15.4 Å². The molecular formula is C19H24ClN3O3S. The van der Waals surface area contributed by atoms with Gasteiger partial charge >= 0.3 is 0 Å². The molecule has 6 nitrogen and oxygen atoms in total. The minimum atomic E-state index is -3.57. The van der Waals surface area contributed by atoms with Gasteiger partial charge in [-0.25, -0.2) is 8.42 Å². The van der Waals surface area contributed by atoms with Gasteiger partial charge in [-0.2, -0.15) is 4.31 Å². The number of hydrogen-bond donors (Lipinski definition) is 2. The molecule has 0 radical (unpaired) electrons. The molecule has 27 heavy (non-hydrogen) atoms. The second kappa shape index (κ2) is 8.06. The van der Waals surface area contributed by atoms with Crippen LogP contribution in [-0.2, 0) is 23.1 Å². The van der Waals surface area contributed by atoms with E-state index in [4.69, 9.17) is 4.74 Å². The topological polar surface area (TPSA) is 70.7 Å². The Bertz CT molecular complexity index is 914. The molecule has 0 bridgehead atoms. The van der Waals surface area contributed by atoms with E-state index in [2.05, 4.69) is 10.6 Å². The summed E-state index contributed by atoms with van der Waals surface area (Å²) in [5.41, 5.74) is 3.18. The predicted octanol–water partition coefficient (Wildman–Crippen LogP) is 2.60. The molecule has 4 rings (SSSR count). The van der Waals surface area contributed by atoms with Crippen LogP contribution in [0.1, 0.15) is 17.5 Å². The summed E-state index contributed by atoms with van der Waals surface area (Å²) in [6.45, 7) is 2.74. The van der Waals surface area contributed by atoms with Crippen LogP contribution in [0, 0.1) is 0 Å². The van der Waals surface area contributed by atoms with Gasteiger partial charge in [-0.3, -0.25) is 0 Å². The highest BCUT2D eigenvalue weighted by atomic mass is 35.5. The fourth-order valence-electron chi connectivity index (χ4n) is 3.61. The first kappa shape index (κ1) is 19.9. The summed E-state index contributed by atoms with van der Waals surface area (Å²) >= 11 is 0. The minimum Gasteiger partial charge on any atom is -0.497 e. The third-order valence-corrected chi connectivity index (χ3v) is 6.84. The Morgan fingerprint density at radius 2 is 2.00 bits per heavy atom. The number of hydrogen-bond acceptors (Lipinski definition) is 5. The van der Waals surface area contributed by atoms with Crippen LogP contribution in [0.25, 0.3) is 0 Å². The van der Waals surface area contributed by atoms with Crippen molar-refractivity contribution in [3.05, 3.63) is 53.6 Å². The van der Waals surface area contributed by atoms with E-state index < -0.39 is 10.0 Å². The molecule has 0 spiro atoms. The lowest BCUT2D eigenvalue weighted by atomic mass is 10.1. The molecule has 2 aromatic carbocycles. The molecule has 1 fully saturated rings. The molecule has 0 aliphatic carbocycles. The zero-order chi connectivity index (χ0) is 18.1. The summed E-state index contributed by atoms with van der Waals surface area (Å²) in [4.78, 5) is 0.263. The lowest BCUT2D eigenvalue weighted by Crippen LogP contribution is -2.26. The van der Waals surface area contributed by atoms with Gasteiger partial charge in [0.25, 0.3) is 0 Å². The summed E-state index contributed by atoms with van der Waals surface area (Å²) in [7, 11) is -2.03. The van der Waals surface area contributed by atoms with Crippen molar-refractivity contribution in [3.8, 4) is 5.75 Å². The number of halogens is 1. The van der Waals surface area contributed by atoms with Crippen LogP contribution < -0.4 is 15.4 Å². The number of rotatable bonds is 5. The van der Waals surface area contributed by atoms with Crippen molar-refractivity contribution >= 4 is 28.1 Å². The molecular weight excluding hydrogens is 386 g/mol. The number of sulfonamides is 1. The molecule has 1 unspecified atom stereocenters. The number of ether oxygens (including phenoxy) is 1. The molecule has 2 aliphatic heterocycles. The van der Waals surface area contributed by atoms with Gasteiger partial charge in [0, 0.05) is 37.4 Å². The smallest absolute Gasteiger partial charge is 0.243 e. The van der Waals surface area contributed by atoms with Gasteiger partial charge in [0.1, 0.15) is 5.75 Å². The monoisotopic (exact) mass is 409 g/mol. The van der Waals surface area contributed by atoms with E-state index in [0.29, 0.717) is 24.9 Å². The van der Waals surface area contributed by atoms with Crippen LogP contribution in [-0.4, -0.2) is 39.0 Å². The zero-order valence-electron chi connectivity index (χ0n) is 15.1. The first-order valence-electron chi connectivity index (χ1n) is 8.80. The van der Waals surface area contributed by atoms with Gasteiger partial charge in [-0.05, 0) is 42.3 Å². The maximum Gasteiger partial charge on any atom is 0.243 e. The Balaban J connectivity index is 0.00000210. The number of nitrogens with one attached hydrogen (secondary N) is 2. The Labute approximate surface area is 166 Å². The average Bonchev–Trinajstić information content (AvgIpc) is 3.32. The number of anilines is 1. The van der Waals surface area contributed by atoms with E-state index in [1.807, 2.05) is 18.2 Å². The quantitative estimate of drug-likeness (QED) is 0.794. The van der Waals surface area contributed by atoms with Crippen molar-refractivity contribution in [2.45, 2.75) is 30.4 Å². The van der Waals surface area contributed by atoms with E-state index in [-0.39, 0.29) is 17.3 Å². The van der Waals surface area contributed by atoms with Crippen molar-refractivity contribution in [3.63, 3.8) is 0 Å². The van der Waals surface area contributed by atoms with E-state index in [1.165, 1.54) is 11.4 Å². The van der Waals surface area contributed by atoms with Gasteiger partial charge in [-0.1, -0.05) is 18.2 Å². The summed E-state index contributed by atoms with van der Waals surface area (Å²) in [6.07, 6.45) is 1.08. The fourth-order valence-corrected chi connectivity index (χ4v) is 5.03. The van der Waals surface area contributed by atoms with Crippen LogP contribution >= 0.6 is 12.4 Å². The van der Waals surface area contributed by atoms with Gasteiger partial charge in [0.2, 0.25) is 10.0 Å². The molecule has 1 atom stereocenters. The lowest BCUT2D eigenvalue weighted by molar-refractivity contribution is 0.411. The maximum absolute atomic E-state index is 13.1. The zero-order valence-corrected chi connectivity index (χ0v) is 16.8. The van der Waals surface area contributed by atoms with Gasteiger partial charge in [0.15, 0.2) is 0 Å². The number of methoxy groups -OCH3 is 1. The van der Waals surface area contributed by atoms with E-state index in [1.54, 1.807) is 24.3 Å². The van der Waals surface area contributed by atoms with E-state index >= 15 is 0 Å². The SMILES string of the molecule is COc1cccc(S(=O)(=O)N2Cc3cccc(NC4CCNC4)c3C2)c1.Cl. The summed E-state index contributed by atoms with van der Waals surface area (Å²) in [5.74, 6) is 0.541. The van der Waals surface area contributed by atoms with Crippen LogP contribution in [0.5, 0.6) is 5.75 Å². The molecule has 2 aliphatic rings. The Morgan fingerprint density at radius 1 is 1.19 bits per heavy atom. The second-order valence-electron chi connectivity index (χ2n) is 6.73. The highest BCUT2D eigenvalue weighted by molar-refractivity contribution is 7.89. The molecule has 8 heteroatoms. The second-order valence-corrected chi connectivity index (χ2v) is 8.67. The van der Waals surface area contributed by atoms with Crippen molar-refractivity contribution in [1.29, 1.82) is 0 Å². The molecule has 0 amide bonds. The maximum atomic E-state index is 13.1. The largest absolute Gasteiger partial charge is 0.497 e. The highest BCUT2D eigenvalue weighted by Crippen LogP contribution is 2.34. The third-order valence-electron chi connectivity index (χ3n) is 5.05. The number of nitrogens with zero attached hydrogens (tertiary/aromatic N) is 1. The van der Waals surface area contributed by atoms with Crippen molar-refractivity contribution in [2.75, 3.05) is 25.5 Å². The van der Waals surface area contributed by atoms with Crippen LogP contribution in [0.4, 0.5) is 5.69 Å². The molecule has 0 saturated carbocycles. The van der Waals surface area contributed by atoms with Gasteiger partial charge in [-0.15, -0.1) is 12.4 Å². The first-order chi connectivity index (χ1) is 12.6. The van der Waals surface area contributed by atoms with Gasteiger partial charge in [0.05, 0.1) is 12.0 Å². The van der Waals surface area contributed by atoms with E-state index in [0.717, 1.165) is 36.3 Å². The highest BCUT2D eigenvalue weighted by Gasteiger charge is 2.32. The van der Waals surface area contributed by atoms with Crippen molar-refractivity contribution in [2.24, 2.45) is 0 Å². The summed E-state index contributed by atoms with van der Waals surface area (Å²) in [5, 5.41) is 6.91. The predicted molar refractivity (Wildman–Crippen MR) is 108 cm³/mol. The summed E-state index contributed by atoms with van der Waals surface area (Å²) in [6, 6.07) is 13.1. The number of benzene rings is 2. The molecule has 146 valence electrons. The molecule has 1 saturated heterocycles. The summed E-state index contributed by atoms with van der Waals surface area (Å²) < 4.78 is 32.8. The molecule has 2 N–H and O–H groups in total. The van der Waals surface area contributed by atoms with Crippen LogP contribution in [0.2, 0.25) is 0 Å². The first-order valence-corrected chi connectivity index (χ1v) is 10.2. The molecule has 2 heterocycles. The van der Waals surface area contributed by atoms with Crippen LogP contribution in [0.3, 0.4) is 0 Å². The minimum absolute atomic E-state index is 0. The molecule has 0 aromatic heterocycles. The standard InChI is InChI=1S/C19H23N3O3S.ClH/c1-25-16-5-3-6-17(10-16)26(23,24)22-12-14-4-2-7-19(18(14)13-22)21-15-8-9-20-11-15;/h2-7,10,15,20-21H,8-9,11-13H2,1H3;1H.